The van der Waals surface area contributed by atoms with Crippen LogP contribution in [0.15, 0.2) is 42.6 Å². The smallest absolute Gasteiger partial charge is 0.331 e. The highest BCUT2D eigenvalue weighted by Gasteiger charge is 2.18. The molecule has 0 fully saturated rings. The van der Waals surface area contributed by atoms with E-state index >= 15 is 0 Å². The van der Waals surface area contributed by atoms with Gasteiger partial charge in [0.25, 0.3) is 5.88 Å². The number of hydrogen-bond donors (Lipinski definition) is 0. The van der Waals surface area contributed by atoms with Crippen LogP contribution in [-0.2, 0) is 9.53 Å². The zero-order valence-electron chi connectivity index (χ0n) is 13.0. The Morgan fingerprint density at radius 1 is 1.25 bits per heavy atom. The zero-order chi connectivity index (χ0) is 17.5. The summed E-state index contributed by atoms with van der Waals surface area (Å²) >= 11 is 0. The quantitative estimate of drug-likeness (QED) is 0.347. The van der Waals surface area contributed by atoms with Crippen molar-refractivity contribution in [1.29, 1.82) is 0 Å². The fourth-order valence-electron chi connectivity index (χ4n) is 1.81. The Bertz CT molecular complexity index is 788. The van der Waals surface area contributed by atoms with E-state index in [1.807, 2.05) is 0 Å². The number of rotatable bonds is 6. The number of nitrogens with zero attached hydrogens (tertiary/aromatic N) is 2. The third-order valence-electron chi connectivity index (χ3n) is 2.96. The first-order valence-corrected chi connectivity index (χ1v) is 6.76. The van der Waals surface area contributed by atoms with Gasteiger partial charge in [-0.15, -0.1) is 0 Å². The summed E-state index contributed by atoms with van der Waals surface area (Å²) in [5, 5.41) is 11.0. The van der Waals surface area contributed by atoms with Gasteiger partial charge in [0, 0.05) is 18.3 Å². The van der Waals surface area contributed by atoms with Crippen LogP contribution in [0.2, 0.25) is 0 Å². The normalized spacial score (nSPS) is 10.4. The lowest BCUT2D eigenvalue weighted by molar-refractivity contribution is -0.386. The Morgan fingerprint density at radius 2 is 2.04 bits per heavy atom. The average Bonchev–Trinajstić information content (AvgIpc) is 2.60. The predicted molar refractivity (Wildman–Crippen MR) is 85.0 cm³/mol. The van der Waals surface area contributed by atoms with E-state index < -0.39 is 10.9 Å². The number of pyridine rings is 1. The number of ether oxygens (including phenoxy) is 3. The number of aromatic nitrogens is 1. The highest BCUT2D eigenvalue weighted by molar-refractivity contribution is 5.87. The molecule has 1 heterocycles. The lowest BCUT2D eigenvalue weighted by atomic mass is 10.2. The molecule has 0 radical (unpaired) electrons. The number of hydrogen-bond acceptors (Lipinski definition) is 7. The molecule has 0 atom stereocenters. The SMILES string of the molecule is COC(=O)C=Cc1ccc(Oc2ncccc2[N+](=O)[O-])c(OC)c1. The summed E-state index contributed by atoms with van der Waals surface area (Å²) in [7, 11) is 2.72. The highest BCUT2D eigenvalue weighted by Crippen LogP contribution is 2.35. The molecular weight excluding hydrogens is 316 g/mol. The van der Waals surface area contributed by atoms with Crippen LogP contribution in [-0.4, -0.2) is 30.1 Å². The largest absolute Gasteiger partial charge is 0.493 e. The van der Waals surface area contributed by atoms with Crippen LogP contribution < -0.4 is 9.47 Å². The van der Waals surface area contributed by atoms with E-state index in [1.54, 1.807) is 24.3 Å². The first-order valence-electron chi connectivity index (χ1n) is 6.76. The molecule has 0 N–H and O–H groups in total. The maximum atomic E-state index is 11.1. The van der Waals surface area contributed by atoms with Crippen molar-refractivity contribution in [3.8, 4) is 17.4 Å². The number of carbonyl (C=O) groups is 1. The average molecular weight is 330 g/mol. The minimum Gasteiger partial charge on any atom is -0.493 e. The minimum atomic E-state index is -0.581. The van der Waals surface area contributed by atoms with Crippen molar-refractivity contribution in [1.82, 2.24) is 4.98 Å². The molecule has 1 aromatic carbocycles. The summed E-state index contributed by atoms with van der Waals surface area (Å²) in [5.74, 6) is -0.0338. The maximum Gasteiger partial charge on any atom is 0.331 e. The van der Waals surface area contributed by atoms with E-state index in [-0.39, 0.29) is 17.3 Å². The Morgan fingerprint density at radius 3 is 2.71 bits per heavy atom. The topological polar surface area (TPSA) is 101 Å². The second kappa shape index (κ2) is 7.73. The highest BCUT2D eigenvalue weighted by atomic mass is 16.6. The first kappa shape index (κ1) is 16.9. The fraction of sp³-hybridized carbons (Fsp3) is 0.125. The molecule has 2 aromatic rings. The molecule has 1 aromatic heterocycles. The summed E-state index contributed by atoms with van der Waals surface area (Å²) in [6.07, 6.45) is 4.20. The summed E-state index contributed by atoms with van der Waals surface area (Å²) < 4.78 is 15.2. The molecule has 2 rings (SSSR count). The fourth-order valence-corrected chi connectivity index (χ4v) is 1.81. The van der Waals surface area contributed by atoms with Gasteiger partial charge in [0.05, 0.1) is 19.1 Å². The molecule has 124 valence electrons. The second-order valence-corrected chi connectivity index (χ2v) is 4.45. The van der Waals surface area contributed by atoms with Crippen molar-refractivity contribution in [3.05, 3.63) is 58.3 Å². The molecule has 0 aliphatic heterocycles. The Kier molecular flexibility index (Phi) is 5.45. The number of nitro groups is 1. The van der Waals surface area contributed by atoms with Gasteiger partial charge in [-0.1, -0.05) is 6.07 Å². The van der Waals surface area contributed by atoms with Gasteiger partial charge in [-0.2, -0.15) is 0 Å². The third-order valence-corrected chi connectivity index (χ3v) is 2.96. The van der Waals surface area contributed by atoms with Gasteiger partial charge in [0.15, 0.2) is 11.5 Å². The van der Waals surface area contributed by atoms with E-state index in [2.05, 4.69) is 9.72 Å². The van der Waals surface area contributed by atoms with Crippen LogP contribution in [0.25, 0.3) is 6.08 Å². The Hall–Kier alpha value is -3.42. The lowest BCUT2D eigenvalue weighted by Gasteiger charge is -2.10. The van der Waals surface area contributed by atoms with Crippen LogP contribution >= 0.6 is 0 Å². The number of carbonyl (C=O) groups excluding carboxylic acids is 1. The van der Waals surface area contributed by atoms with Gasteiger partial charge in [-0.05, 0) is 29.8 Å². The third kappa shape index (κ3) is 4.07. The number of methoxy groups -OCH3 is 2. The van der Waals surface area contributed by atoms with E-state index in [1.165, 1.54) is 38.6 Å². The maximum absolute atomic E-state index is 11.1. The molecule has 24 heavy (non-hydrogen) atoms. The molecule has 0 bridgehead atoms. The van der Waals surface area contributed by atoms with Crippen LogP contribution in [0.3, 0.4) is 0 Å². The minimum absolute atomic E-state index is 0.140. The van der Waals surface area contributed by atoms with Gasteiger partial charge in [0.1, 0.15) is 0 Å². The molecule has 0 spiro atoms. The molecule has 8 heteroatoms. The Balaban J connectivity index is 2.30. The van der Waals surface area contributed by atoms with E-state index in [9.17, 15) is 14.9 Å². The molecule has 8 nitrogen and oxygen atoms in total. The number of esters is 1. The second-order valence-electron chi connectivity index (χ2n) is 4.45. The Labute approximate surface area is 137 Å². The van der Waals surface area contributed by atoms with Crippen LogP contribution in [0, 0.1) is 10.1 Å². The van der Waals surface area contributed by atoms with E-state index in [0.717, 1.165) is 0 Å². The molecule has 0 saturated heterocycles. The van der Waals surface area contributed by atoms with Crippen LogP contribution in [0.1, 0.15) is 5.56 Å². The summed E-state index contributed by atoms with van der Waals surface area (Å²) in [4.78, 5) is 25.4. The van der Waals surface area contributed by atoms with Crippen molar-refractivity contribution in [2.45, 2.75) is 0 Å². The van der Waals surface area contributed by atoms with Gasteiger partial charge in [-0.3, -0.25) is 10.1 Å². The molecule has 0 saturated carbocycles. The predicted octanol–water partition coefficient (Wildman–Crippen LogP) is 2.98. The molecule has 0 amide bonds. The monoisotopic (exact) mass is 330 g/mol. The van der Waals surface area contributed by atoms with Gasteiger partial charge >= 0.3 is 11.7 Å². The molecule has 0 unspecified atom stereocenters. The summed E-state index contributed by atoms with van der Waals surface area (Å²) in [6.45, 7) is 0. The first-order chi connectivity index (χ1) is 11.5. The molecule has 0 aliphatic rings. The van der Waals surface area contributed by atoms with Crippen molar-refractivity contribution < 1.29 is 23.9 Å². The van der Waals surface area contributed by atoms with Crippen LogP contribution in [0.4, 0.5) is 5.69 Å². The molecule has 0 aliphatic carbocycles. The summed E-state index contributed by atoms with van der Waals surface area (Å²) in [6, 6.07) is 7.58. The standard InChI is InChI=1S/C16H14N2O6/c1-22-14-10-11(6-8-15(19)23-2)5-7-13(14)24-16-12(18(20)21)4-3-9-17-16/h3-10H,1-2H3. The van der Waals surface area contributed by atoms with E-state index in [4.69, 9.17) is 9.47 Å². The van der Waals surface area contributed by atoms with E-state index in [0.29, 0.717) is 11.3 Å². The number of benzene rings is 1. The van der Waals surface area contributed by atoms with Crippen molar-refractivity contribution in [3.63, 3.8) is 0 Å². The van der Waals surface area contributed by atoms with Crippen molar-refractivity contribution in [2.75, 3.05) is 14.2 Å². The van der Waals surface area contributed by atoms with Gasteiger partial charge in [-0.25, -0.2) is 9.78 Å². The summed E-state index contributed by atoms with van der Waals surface area (Å²) in [5.41, 5.74) is 0.411. The molecular formula is C16H14N2O6. The van der Waals surface area contributed by atoms with Crippen molar-refractivity contribution in [2.24, 2.45) is 0 Å². The van der Waals surface area contributed by atoms with Gasteiger partial charge in [0.2, 0.25) is 0 Å². The van der Waals surface area contributed by atoms with Crippen molar-refractivity contribution >= 4 is 17.7 Å². The zero-order valence-corrected chi connectivity index (χ0v) is 13.0. The lowest BCUT2D eigenvalue weighted by Crippen LogP contribution is -1.97. The van der Waals surface area contributed by atoms with Gasteiger partial charge < -0.3 is 14.2 Å². The van der Waals surface area contributed by atoms with Crippen LogP contribution in [0.5, 0.6) is 17.4 Å².